The van der Waals surface area contributed by atoms with Crippen LogP contribution >= 0.6 is 0 Å². The van der Waals surface area contributed by atoms with E-state index >= 15 is 0 Å². The Morgan fingerprint density at radius 2 is 1.76 bits per heavy atom. The molecule has 0 aromatic heterocycles. The molecule has 1 aromatic rings. The van der Waals surface area contributed by atoms with Crippen LogP contribution in [0.25, 0.3) is 0 Å². The Labute approximate surface area is 125 Å². The molecule has 1 heterocycles. The SMILES string of the molecule is O=C(NCCCNS(=O)(=O)N1CCCC1)c1ccccc1. The van der Waals surface area contributed by atoms with Crippen molar-refractivity contribution >= 4 is 16.1 Å². The third-order valence-electron chi connectivity index (χ3n) is 3.36. The van der Waals surface area contributed by atoms with Crippen LogP contribution < -0.4 is 10.0 Å². The minimum Gasteiger partial charge on any atom is -0.352 e. The third-order valence-corrected chi connectivity index (χ3v) is 4.98. The van der Waals surface area contributed by atoms with Gasteiger partial charge in [-0.25, -0.2) is 4.72 Å². The summed E-state index contributed by atoms with van der Waals surface area (Å²) in [6.07, 6.45) is 2.41. The largest absolute Gasteiger partial charge is 0.352 e. The smallest absolute Gasteiger partial charge is 0.279 e. The molecule has 21 heavy (non-hydrogen) atoms. The van der Waals surface area contributed by atoms with Gasteiger partial charge < -0.3 is 5.32 Å². The predicted molar refractivity (Wildman–Crippen MR) is 81.1 cm³/mol. The van der Waals surface area contributed by atoms with Gasteiger partial charge in [-0.15, -0.1) is 0 Å². The van der Waals surface area contributed by atoms with Crippen LogP contribution in [0.5, 0.6) is 0 Å². The van der Waals surface area contributed by atoms with Crippen molar-refractivity contribution in [2.75, 3.05) is 26.2 Å². The zero-order valence-electron chi connectivity index (χ0n) is 11.9. The quantitative estimate of drug-likeness (QED) is 0.729. The molecule has 0 saturated carbocycles. The monoisotopic (exact) mass is 311 g/mol. The molecule has 1 aliphatic heterocycles. The van der Waals surface area contributed by atoms with Crippen LogP contribution in [-0.4, -0.2) is 44.8 Å². The van der Waals surface area contributed by atoms with Gasteiger partial charge in [0, 0.05) is 31.7 Å². The van der Waals surface area contributed by atoms with Gasteiger partial charge in [0.1, 0.15) is 0 Å². The van der Waals surface area contributed by atoms with Gasteiger partial charge in [0.15, 0.2) is 0 Å². The molecule has 0 atom stereocenters. The topological polar surface area (TPSA) is 78.5 Å². The van der Waals surface area contributed by atoms with Crippen molar-refractivity contribution < 1.29 is 13.2 Å². The Kier molecular flexibility index (Phi) is 5.72. The fraction of sp³-hybridized carbons (Fsp3) is 0.500. The van der Waals surface area contributed by atoms with E-state index in [9.17, 15) is 13.2 Å². The Bertz CT molecular complexity index is 554. The van der Waals surface area contributed by atoms with E-state index in [2.05, 4.69) is 10.0 Å². The summed E-state index contributed by atoms with van der Waals surface area (Å²) < 4.78 is 27.8. The van der Waals surface area contributed by atoms with Crippen LogP contribution in [0.2, 0.25) is 0 Å². The minimum absolute atomic E-state index is 0.141. The first-order valence-corrected chi connectivity index (χ1v) is 8.61. The lowest BCUT2D eigenvalue weighted by molar-refractivity contribution is 0.0953. The molecule has 0 spiro atoms. The standard InChI is InChI=1S/C14H21N3O3S/c18-14(13-7-2-1-3-8-13)15-9-6-10-16-21(19,20)17-11-4-5-12-17/h1-3,7-8,16H,4-6,9-12H2,(H,15,18). The molecular formula is C14H21N3O3S. The number of carbonyl (C=O) groups is 1. The van der Waals surface area contributed by atoms with Crippen molar-refractivity contribution in [2.24, 2.45) is 0 Å². The van der Waals surface area contributed by atoms with Crippen molar-refractivity contribution in [3.05, 3.63) is 35.9 Å². The molecule has 1 amide bonds. The van der Waals surface area contributed by atoms with Gasteiger partial charge >= 0.3 is 0 Å². The van der Waals surface area contributed by atoms with E-state index < -0.39 is 10.2 Å². The van der Waals surface area contributed by atoms with E-state index in [1.165, 1.54) is 4.31 Å². The summed E-state index contributed by atoms with van der Waals surface area (Å²) >= 11 is 0. The van der Waals surface area contributed by atoms with Gasteiger partial charge in [-0.1, -0.05) is 18.2 Å². The predicted octanol–water partition coefficient (Wildman–Crippen LogP) is 0.737. The molecule has 2 rings (SSSR count). The molecule has 1 aromatic carbocycles. The highest BCUT2D eigenvalue weighted by Gasteiger charge is 2.24. The molecular weight excluding hydrogens is 290 g/mol. The molecule has 0 bridgehead atoms. The van der Waals surface area contributed by atoms with Gasteiger partial charge in [0.25, 0.3) is 16.1 Å². The Morgan fingerprint density at radius 1 is 1.10 bits per heavy atom. The van der Waals surface area contributed by atoms with Crippen LogP contribution in [0.1, 0.15) is 29.6 Å². The van der Waals surface area contributed by atoms with Crippen LogP contribution in [0, 0.1) is 0 Å². The number of benzene rings is 1. The summed E-state index contributed by atoms with van der Waals surface area (Å²) in [5.74, 6) is -0.141. The van der Waals surface area contributed by atoms with Crippen molar-refractivity contribution in [3.8, 4) is 0 Å². The number of carbonyl (C=O) groups excluding carboxylic acids is 1. The van der Waals surface area contributed by atoms with E-state index in [0.29, 0.717) is 38.2 Å². The Morgan fingerprint density at radius 3 is 2.43 bits per heavy atom. The number of amides is 1. The first-order chi connectivity index (χ1) is 10.1. The molecule has 7 heteroatoms. The van der Waals surface area contributed by atoms with E-state index in [0.717, 1.165) is 12.8 Å². The number of hydrogen-bond donors (Lipinski definition) is 2. The lowest BCUT2D eigenvalue weighted by Crippen LogP contribution is -2.40. The Hall–Kier alpha value is -1.44. The molecule has 0 radical (unpaired) electrons. The van der Waals surface area contributed by atoms with E-state index in [4.69, 9.17) is 0 Å². The van der Waals surface area contributed by atoms with Crippen molar-refractivity contribution in [3.63, 3.8) is 0 Å². The summed E-state index contributed by atoms with van der Waals surface area (Å²) in [4.78, 5) is 11.8. The van der Waals surface area contributed by atoms with Crippen LogP contribution in [-0.2, 0) is 10.2 Å². The lowest BCUT2D eigenvalue weighted by atomic mass is 10.2. The van der Waals surface area contributed by atoms with Gasteiger partial charge in [0.2, 0.25) is 0 Å². The first-order valence-electron chi connectivity index (χ1n) is 7.17. The molecule has 0 aliphatic carbocycles. The molecule has 2 N–H and O–H groups in total. The van der Waals surface area contributed by atoms with Crippen molar-refractivity contribution in [1.29, 1.82) is 0 Å². The zero-order chi connectivity index (χ0) is 15.1. The highest BCUT2D eigenvalue weighted by atomic mass is 32.2. The van der Waals surface area contributed by atoms with E-state index in [-0.39, 0.29) is 5.91 Å². The van der Waals surface area contributed by atoms with Gasteiger partial charge in [-0.2, -0.15) is 12.7 Å². The maximum Gasteiger partial charge on any atom is 0.279 e. The molecule has 116 valence electrons. The molecule has 6 nitrogen and oxygen atoms in total. The van der Waals surface area contributed by atoms with E-state index in [1.807, 2.05) is 6.07 Å². The maximum absolute atomic E-state index is 11.9. The van der Waals surface area contributed by atoms with Crippen LogP contribution in [0.3, 0.4) is 0 Å². The van der Waals surface area contributed by atoms with Crippen molar-refractivity contribution in [2.45, 2.75) is 19.3 Å². The highest BCUT2D eigenvalue weighted by Crippen LogP contribution is 2.10. The molecule has 1 aliphatic rings. The second-order valence-electron chi connectivity index (χ2n) is 4.98. The molecule has 1 fully saturated rings. The normalized spacial score (nSPS) is 16.0. The van der Waals surface area contributed by atoms with Crippen LogP contribution in [0.15, 0.2) is 30.3 Å². The zero-order valence-corrected chi connectivity index (χ0v) is 12.7. The summed E-state index contributed by atoms with van der Waals surface area (Å²) in [5.41, 5.74) is 0.607. The summed E-state index contributed by atoms with van der Waals surface area (Å²) in [5, 5.41) is 2.77. The first kappa shape index (κ1) is 15.9. The summed E-state index contributed by atoms with van der Waals surface area (Å²) in [6.45, 7) is 1.96. The minimum atomic E-state index is -3.34. The number of rotatable bonds is 7. The molecule has 0 unspecified atom stereocenters. The van der Waals surface area contributed by atoms with Crippen molar-refractivity contribution in [1.82, 2.24) is 14.3 Å². The second-order valence-corrected chi connectivity index (χ2v) is 6.74. The van der Waals surface area contributed by atoms with Gasteiger partial charge in [-0.3, -0.25) is 4.79 Å². The number of hydrogen-bond acceptors (Lipinski definition) is 3. The number of nitrogens with zero attached hydrogens (tertiary/aromatic N) is 1. The maximum atomic E-state index is 11.9. The average Bonchev–Trinajstić information content (AvgIpc) is 3.02. The highest BCUT2D eigenvalue weighted by molar-refractivity contribution is 7.87. The van der Waals surface area contributed by atoms with E-state index in [1.54, 1.807) is 24.3 Å². The van der Waals surface area contributed by atoms with Crippen LogP contribution in [0.4, 0.5) is 0 Å². The Balaban J connectivity index is 1.65. The molecule has 1 saturated heterocycles. The fourth-order valence-electron chi connectivity index (χ4n) is 2.20. The summed E-state index contributed by atoms with van der Waals surface area (Å²) in [6, 6.07) is 8.94. The van der Waals surface area contributed by atoms with Gasteiger partial charge in [-0.05, 0) is 31.4 Å². The lowest BCUT2D eigenvalue weighted by Gasteiger charge is -2.16. The fourth-order valence-corrected chi connectivity index (χ4v) is 3.53. The average molecular weight is 311 g/mol. The third kappa shape index (κ3) is 4.80. The summed E-state index contributed by atoms with van der Waals surface area (Å²) in [7, 11) is -3.34. The van der Waals surface area contributed by atoms with Gasteiger partial charge in [0.05, 0.1) is 0 Å². The number of nitrogens with one attached hydrogen (secondary N) is 2. The second kappa shape index (κ2) is 7.53.